The first-order valence-electron chi connectivity index (χ1n) is 6.90. The molecular formula is C17H13N5O. The van der Waals surface area contributed by atoms with Crippen LogP contribution < -0.4 is 10.1 Å². The van der Waals surface area contributed by atoms with Crippen molar-refractivity contribution < 1.29 is 4.74 Å². The van der Waals surface area contributed by atoms with Gasteiger partial charge in [0.05, 0.1) is 30.0 Å². The van der Waals surface area contributed by atoms with Gasteiger partial charge in [-0.2, -0.15) is 5.26 Å². The third kappa shape index (κ3) is 3.24. The summed E-state index contributed by atoms with van der Waals surface area (Å²) < 4.78 is 5.26. The molecule has 3 aromatic rings. The van der Waals surface area contributed by atoms with E-state index in [-0.39, 0.29) is 0 Å². The maximum atomic E-state index is 8.95. The lowest BCUT2D eigenvalue weighted by Gasteiger charge is -2.09. The lowest BCUT2D eigenvalue weighted by atomic mass is 10.2. The highest BCUT2D eigenvalue weighted by Gasteiger charge is 2.09. The number of aromatic nitrogens is 3. The summed E-state index contributed by atoms with van der Waals surface area (Å²) in [5.74, 6) is 0.937. The molecule has 2 heterocycles. The largest absolute Gasteiger partial charge is 0.481 e. The Morgan fingerprint density at radius 1 is 1.09 bits per heavy atom. The Balaban J connectivity index is 1.92. The molecule has 112 valence electrons. The molecule has 0 amide bonds. The van der Waals surface area contributed by atoms with Gasteiger partial charge in [-0.05, 0) is 36.4 Å². The summed E-state index contributed by atoms with van der Waals surface area (Å²) in [6, 6.07) is 14.7. The van der Waals surface area contributed by atoms with Crippen LogP contribution in [-0.4, -0.2) is 22.1 Å². The second-order valence-corrected chi connectivity index (χ2v) is 4.64. The number of rotatable bonds is 4. The highest BCUT2D eigenvalue weighted by molar-refractivity contribution is 5.66. The van der Waals surface area contributed by atoms with Crippen molar-refractivity contribution >= 4 is 11.6 Å². The van der Waals surface area contributed by atoms with Crippen LogP contribution in [0.2, 0.25) is 0 Å². The highest BCUT2D eigenvalue weighted by atomic mass is 16.5. The van der Waals surface area contributed by atoms with Crippen LogP contribution in [0.4, 0.5) is 11.6 Å². The smallest absolute Gasteiger partial charge is 0.227 e. The van der Waals surface area contributed by atoms with Crippen molar-refractivity contribution in [1.82, 2.24) is 15.0 Å². The molecule has 1 aromatic carbocycles. The number of benzene rings is 1. The predicted octanol–water partition coefficient (Wildman–Crippen LogP) is 3.16. The van der Waals surface area contributed by atoms with E-state index in [1.54, 1.807) is 43.8 Å². The van der Waals surface area contributed by atoms with Gasteiger partial charge in [0.1, 0.15) is 0 Å². The van der Waals surface area contributed by atoms with Gasteiger partial charge in [-0.1, -0.05) is 6.07 Å². The molecule has 2 aromatic heterocycles. The van der Waals surface area contributed by atoms with Crippen molar-refractivity contribution in [2.75, 3.05) is 12.4 Å². The summed E-state index contributed by atoms with van der Waals surface area (Å²) in [7, 11) is 1.57. The maximum Gasteiger partial charge on any atom is 0.227 e. The van der Waals surface area contributed by atoms with E-state index in [9.17, 15) is 0 Å². The number of ether oxygens (including phenoxy) is 1. The molecule has 0 radical (unpaired) electrons. The van der Waals surface area contributed by atoms with Crippen LogP contribution in [0.1, 0.15) is 5.56 Å². The first kappa shape index (κ1) is 14.5. The Labute approximate surface area is 133 Å². The number of nitrogens with one attached hydrogen (secondary N) is 1. The van der Waals surface area contributed by atoms with E-state index >= 15 is 0 Å². The van der Waals surface area contributed by atoms with Crippen molar-refractivity contribution in [3.8, 4) is 23.2 Å². The number of nitriles is 1. The van der Waals surface area contributed by atoms with Crippen molar-refractivity contribution in [1.29, 1.82) is 5.26 Å². The monoisotopic (exact) mass is 303 g/mol. The SMILES string of the molecule is COc1ncccc1-c1ccnc(Nc2cccc(C#N)c2)n1. The van der Waals surface area contributed by atoms with Gasteiger partial charge in [-0.3, -0.25) is 0 Å². The second kappa shape index (κ2) is 6.54. The molecule has 6 heteroatoms. The number of nitrogens with zero attached hydrogens (tertiary/aromatic N) is 4. The number of hydrogen-bond acceptors (Lipinski definition) is 6. The molecule has 0 aliphatic carbocycles. The average molecular weight is 303 g/mol. The van der Waals surface area contributed by atoms with Crippen LogP contribution in [0.5, 0.6) is 5.88 Å². The Bertz CT molecular complexity index is 873. The van der Waals surface area contributed by atoms with Crippen molar-refractivity contribution in [2.45, 2.75) is 0 Å². The molecule has 3 rings (SSSR count). The van der Waals surface area contributed by atoms with Crippen LogP contribution in [-0.2, 0) is 0 Å². The molecule has 6 nitrogen and oxygen atoms in total. The molecule has 0 saturated heterocycles. The third-order valence-electron chi connectivity index (χ3n) is 3.14. The third-order valence-corrected chi connectivity index (χ3v) is 3.14. The van der Waals surface area contributed by atoms with E-state index in [0.717, 1.165) is 11.3 Å². The van der Waals surface area contributed by atoms with Crippen molar-refractivity contribution in [3.05, 3.63) is 60.4 Å². The van der Waals surface area contributed by atoms with Gasteiger partial charge in [-0.15, -0.1) is 0 Å². The fourth-order valence-electron chi connectivity index (χ4n) is 2.11. The van der Waals surface area contributed by atoms with E-state index in [4.69, 9.17) is 10.00 Å². The predicted molar refractivity (Wildman–Crippen MR) is 86.3 cm³/mol. The van der Waals surface area contributed by atoms with Crippen LogP contribution in [0.3, 0.4) is 0 Å². The first-order valence-corrected chi connectivity index (χ1v) is 6.90. The lowest BCUT2D eigenvalue weighted by Crippen LogP contribution is -1.99. The topological polar surface area (TPSA) is 83.7 Å². The van der Waals surface area contributed by atoms with Crippen LogP contribution in [0, 0.1) is 11.3 Å². The van der Waals surface area contributed by atoms with Crippen molar-refractivity contribution in [3.63, 3.8) is 0 Å². The summed E-state index contributed by atoms with van der Waals surface area (Å²) in [4.78, 5) is 12.9. The zero-order chi connectivity index (χ0) is 16.1. The van der Waals surface area contributed by atoms with Gasteiger partial charge in [0.25, 0.3) is 0 Å². The van der Waals surface area contributed by atoms with Crippen LogP contribution in [0.15, 0.2) is 54.9 Å². The van der Waals surface area contributed by atoms with E-state index in [1.165, 1.54) is 0 Å². The number of pyridine rings is 1. The molecule has 23 heavy (non-hydrogen) atoms. The number of anilines is 2. The minimum atomic E-state index is 0.434. The average Bonchev–Trinajstić information content (AvgIpc) is 2.62. The normalized spacial score (nSPS) is 9.91. The summed E-state index contributed by atoms with van der Waals surface area (Å²) in [6.07, 6.45) is 3.32. The van der Waals surface area contributed by atoms with Crippen LogP contribution >= 0.6 is 0 Å². The molecule has 0 spiro atoms. The van der Waals surface area contributed by atoms with Gasteiger partial charge < -0.3 is 10.1 Å². The molecular weight excluding hydrogens is 290 g/mol. The van der Waals surface area contributed by atoms with E-state index < -0.39 is 0 Å². The maximum absolute atomic E-state index is 8.95. The van der Waals surface area contributed by atoms with Gasteiger partial charge in [0.2, 0.25) is 11.8 Å². The molecule has 0 saturated carbocycles. The lowest BCUT2D eigenvalue weighted by molar-refractivity contribution is 0.399. The molecule has 0 fully saturated rings. The number of methoxy groups -OCH3 is 1. The Hall–Kier alpha value is -3.46. The Kier molecular flexibility index (Phi) is 4.11. The summed E-state index contributed by atoms with van der Waals surface area (Å²) in [5, 5.41) is 12.0. The Morgan fingerprint density at radius 2 is 2.00 bits per heavy atom. The van der Waals surface area contributed by atoms with Crippen LogP contribution in [0.25, 0.3) is 11.3 Å². The molecule has 0 bridgehead atoms. The quantitative estimate of drug-likeness (QED) is 0.797. The number of hydrogen-bond donors (Lipinski definition) is 1. The molecule has 0 unspecified atom stereocenters. The standard InChI is InChI=1S/C17H13N5O/c1-23-16-14(6-3-8-19-16)15-7-9-20-17(22-15)21-13-5-2-4-12(10-13)11-18/h2-10H,1H3,(H,20,21,22). The van der Waals surface area contributed by atoms with E-state index in [1.807, 2.05) is 18.2 Å². The fourth-order valence-corrected chi connectivity index (χ4v) is 2.11. The summed E-state index contributed by atoms with van der Waals surface area (Å²) >= 11 is 0. The molecule has 0 atom stereocenters. The van der Waals surface area contributed by atoms with Gasteiger partial charge in [0, 0.05) is 18.1 Å². The molecule has 0 aliphatic rings. The van der Waals surface area contributed by atoms with E-state index in [2.05, 4.69) is 26.3 Å². The minimum Gasteiger partial charge on any atom is -0.481 e. The summed E-state index contributed by atoms with van der Waals surface area (Å²) in [5.41, 5.74) is 2.80. The van der Waals surface area contributed by atoms with Crippen molar-refractivity contribution in [2.24, 2.45) is 0 Å². The van der Waals surface area contributed by atoms with Gasteiger partial charge >= 0.3 is 0 Å². The fraction of sp³-hybridized carbons (Fsp3) is 0.0588. The second-order valence-electron chi connectivity index (χ2n) is 4.64. The minimum absolute atomic E-state index is 0.434. The summed E-state index contributed by atoms with van der Waals surface area (Å²) in [6.45, 7) is 0. The van der Waals surface area contributed by atoms with Gasteiger partial charge in [0.15, 0.2) is 0 Å². The molecule has 1 N–H and O–H groups in total. The first-order chi connectivity index (χ1) is 11.3. The van der Waals surface area contributed by atoms with Gasteiger partial charge in [-0.25, -0.2) is 15.0 Å². The Morgan fingerprint density at radius 3 is 2.83 bits per heavy atom. The zero-order valence-corrected chi connectivity index (χ0v) is 12.4. The molecule has 0 aliphatic heterocycles. The highest BCUT2D eigenvalue weighted by Crippen LogP contribution is 2.26. The van der Waals surface area contributed by atoms with E-state index in [0.29, 0.717) is 23.1 Å². The zero-order valence-electron chi connectivity index (χ0n) is 12.4.